The molecule has 0 aliphatic rings. The molecule has 0 amide bonds. The summed E-state index contributed by atoms with van der Waals surface area (Å²) in [6, 6.07) is 3.41. The number of nitrogens with zero attached hydrogens (tertiary/aromatic N) is 1. The molecule has 2 aromatic rings. The van der Waals surface area contributed by atoms with Crippen LogP contribution in [0.3, 0.4) is 0 Å². The van der Waals surface area contributed by atoms with Crippen molar-refractivity contribution in [3.63, 3.8) is 0 Å². The number of aromatic amines is 1. The summed E-state index contributed by atoms with van der Waals surface area (Å²) in [7, 11) is 1.65. The van der Waals surface area contributed by atoms with Crippen molar-refractivity contribution in [2.75, 3.05) is 12.8 Å². The zero-order chi connectivity index (χ0) is 14.2. The summed E-state index contributed by atoms with van der Waals surface area (Å²) in [5.74, 6) is 0.979. The highest BCUT2D eigenvalue weighted by molar-refractivity contribution is 5.69. The SMILES string of the molecule is COc1c(C)cc(-c2cc(=O)[nH]c(N)n2)c(C)c1C. The van der Waals surface area contributed by atoms with Crippen molar-refractivity contribution in [1.82, 2.24) is 9.97 Å². The summed E-state index contributed by atoms with van der Waals surface area (Å²) in [4.78, 5) is 18.1. The molecule has 1 heterocycles. The van der Waals surface area contributed by atoms with Crippen molar-refractivity contribution < 1.29 is 4.74 Å². The van der Waals surface area contributed by atoms with Crippen LogP contribution in [0.4, 0.5) is 5.95 Å². The van der Waals surface area contributed by atoms with Crippen LogP contribution in [0.1, 0.15) is 16.7 Å². The third kappa shape index (κ3) is 2.31. The Kier molecular flexibility index (Phi) is 3.29. The zero-order valence-corrected chi connectivity index (χ0v) is 11.5. The largest absolute Gasteiger partial charge is 0.496 e. The Morgan fingerprint density at radius 2 is 1.89 bits per heavy atom. The van der Waals surface area contributed by atoms with E-state index < -0.39 is 0 Å². The van der Waals surface area contributed by atoms with Crippen LogP contribution < -0.4 is 16.0 Å². The van der Waals surface area contributed by atoms with E-state index in [0.717, 1.165) is 28.0 Å². The lowest BCUT2D eigenvalue weighted by atomic mass is 9.96. The van der Waals surface area contributed by atoms with E-state index in [1.54, 1.807) is 7.11 Å². The molecular formula is C14H17N3O2. The van der Waals surface area contributed by atoms with Crippen molar-refractivity contribution in [2.24, 2.45) is 0 Å². The first kappa shape index (κ1) is 13.1. The van der Waals surface area contributed by atoms with Gasteiger partial charge >= 0.3 is 0 Å². The van der Waals surface area contributed by atoms with E-state index >= 15 is 0 Å². The highest BCUT2D eigenvalue weighted by Gasteiger charge is 2.13. The van der Waals surface area contributed by atoms with E-state index in [-0.39, 0.29) is 11.5 Å². The maximum atomic E-state index is 11.5. The molecule has 0 aliphatic carbocycles. The lowest BCUT2D eigenvalue weighted by Crippen LogP contribution is -2.11. The zero-order valence-electron chi connectivity index (χ0n) is 11.5. The highest BCUT2D eigenvalue weighted by atomic mass is 16.5. The van der Waals surface area contributed by atoms with Crippen LogP contribution in [0.2, 0.25) is 0 Å². The molecule has 1 aromatic heterocycles. The number of H-pyrrole nitrogens is 1. The fourth-order valence-electron chi connectivity index (χ4n) is 2.25. The van der Waals surface area contributed by atoms with Crippen LogP contribution in [0.5, 0.6) is 5.75 Å². The van der Waals surface area contributed by atoms with Gasteiger partial charge in [0.2, 0.25) is 5.95 Å². The number of methoxy groups -OCH3 is 1. The molecule has 0 aliphatic heterocycles. The minimum Gasteiger partial charge on any atom is -0.496 e. The molecule has 0 unspecified atom stereocenters. The molecule has 5 heteroatoms. The third-order valence-electron chi connectivity index (χ3n) is 3.27. The van der Waals surface area contributed by atoms with Gasteiger partial charge in [0.25, 0.3) is 5.56 Å². The maximum Gasteiger partial charge on any atom is 0.252 e. The molecule has 0 atom stereocenters. The quantitative estimate of drug-likeness (QED) is 0.863. The van der Waals surface area contributed by atoms with Gasteiger partial charge in [0.1, 0.15) is 5.75 Å². The molecule has 0 saturated heterocycles. The van der Waals surface area contributed by atoms with E-state index in [2.05, 4.69) is 9.97 Å². The number of anilines is 1. The van der Waals surface area contributed by atoms with Crippen molar-refractivity contribution in [2.45, 2.75) is 20.8 Å². The predicted molar refractivity (Wildman–Crippen MR) is 75.5 cm³/mol. The minimum absolute atomic E-state index is 0.119. The third-order valence-corrected chi connectivity index (χ3v) is 3.27. The monoisotopic (exact) mass is 259 g/mol. The fraction of sp³-hybridized carbons (Fsp3) is 0.286. The summed E-state index contributed by atoms with van der Waals surface area (Å²) in [5, 5.41) is 0. The molecule has 0 bridgehead atoms. The number of hydrogen-bond donors (Lipinski definition) is 2. The second kappa shape index (κ2) is 4.76. The van der Waals surface area contributed by atoms with Gasteiger partial charge in [-0.2, -0.15) is 0 Å². The summed E-state index contributed by atoms with van der Waals surface area (Å²) < 4.78 is 5.38. The Labute approximate surface area is 111 Å². The van der Waals surface area contributed by atoms with Gasteiger partial charge in [-0.05, 0) is 43.5 Å². The smallest absolute Gasteiger partial charge is 0.252 e. The first-order chi connectivity index (χ1) is 8.93. The van der Waals surface area contributed by atoms with E-state index in [1.165, 1.54) is 6.07 Å². The number of benzene rings is 1. The molecule has 0 saturated carbocycles. The van der Waals surface area contributed by atoms with Crippen LogP contribution in [0.25, 0.3) is 11.3 Å². The molecule has 19 heavy (non-hydrogen) atoms. The lowest BCUT2D eigenvalue weighted by molar-refractivity contribution is 0.408. The first-order valence-electron chi connectivity index (χ1n) is 5.96. The van der Waals surface area contributed by atoms with Crippen LogP contribution in [0.15, 0.2) is 16.9 Å². The normalized spacial score (nSPS) is 10.5. The molecule has 1 aromatic carbocycles. The Balaban J connectivity index is 2.73. The van der Waals surface area contributed by atoms with Gasteiger partial charge in [-0.1, -0.05) is 0 Å². The Morgan fingerprint density at radius 3 is 2.47 bits per heavy atom. The number of nitrogen functional groups attached to an aromatic ring is 1. The van der Waals surface area contributed by atoms with Crippen LogP contribution in [-0.2, 0) is 0 Å². The minimum atomic E-state index is -0.256. The van der Waals surface area contributed by atoms with E-state index in [4.69, 9.17) is 10.5 Å². The molecule has 3 N–H and O–H groups in total. The first-order valence-corrected chi connectivity index (χ1v) is 5.96. The van der Waals surface area contributed by atoms with Gasteiger partial charge in [-0.15, -0.1) is 0 Å². The summed E-state index contributed by atoms with van der Waals surface area (Å²) in [6.07, 6.45) is 0. The average molecular weight is 259 g/mol. The highest BCUT2D eigenvalue weighted by Crippen LogP contribution is 2.33. The molecule has 100 valence electrons. The molecule has 0 radical (unpaired) electrons. The Morgan fingerprint density at radius 1 is 1.21 bits per heavy atom. The topological polar surface area (TPSA) is 81.0 Å². The number of aromatic nitrogens is 2. The van der Waals surface area contributed by atoms with Crippen molar-refractivity contribution in [3.8, 4) is 17.0 Å². The second-order valence-electron chi connectivity index (χ2n) is 4.54. The van der Waals surface area contributed by atoms with E-state index in [0.29, 0.717) is 5.69 Å². The molecule has 0 fully saturated rings. The van der Waals surface area contributed by atoms with Gasteiger partial charge in [-0.25, -0.2) is 4.98 Å². The summed E-state index contributed by atoms with van der Waals surface area (Å²) >= 11 is 0. The van der Waals surface area contributed by atoms with Crippen LogP contribution in [0, 0.1) is 20.8 Å². The number of ether oxygens (including phenoxy) is 1. The van der Waals surface area contributed by atoms with Crippen molar-refractivity contribution >= 4 is 5.95 Å². The lowest BCUT2D eigenvalue weighted by Gasteiger charge is -2.15. The van der Waals surface area contributed by atoms with Gasteiger partial charge < -0.3 is 10.5 Å². The number of hydrogen-bond acceptors (Lipinski definition) is 4. The van der Waals surface area contributed by atoms with Crippen LogP contribution >= 0.6 is 0 Å². The maximum absolute atomic E-state index is 11.5. The Hall–Kier alpha value is -2.30. The van der Waals surface area contributed by atoms with E-state index in [9.17, 15) is 4.79 Å². The average Bonchev–Trinajstić information content (AvgIpc) is 2.33. The number of nitrogens with two attached hydrogens (primary N) is 1. The van der Waals surface area contributed by atoms with Gasteiger partial charge in [-0.3, -0.25) is 9.78 Å². The van der Waals surface area contributed by atoms with E-state index in [1.807, 2.05) is 26.8 Å². The summed E-state index contributed by atoms with van der Waals surface area (Å²) in [6.45, 7) is 5.93. The number of rotatable bonds is 2. The van der Waals surface area contributed by atoms with Crippen molar-refractivity contribution in [1.29, 1.82) is 0 Å². The molecule has 2 rings (SSSR count). The fourth-order valence-corrected chi connectivity index (χ4v) is 2.25. The molecule has 0 spiro atoms. The second-order valence-corrected chi connectivity index (χ2v) is 4.54. The van der Waals surface area contributed by atoms with Gasteiger partial charge in [0, 0.05) is 11.6 Å². The standard InChI is InChI=1S/C14H17N3O2/c1-7-5-10(8(2)9(3)13(7)19-4)11-6-12(18)17-14(15)16-11/h5-6H,1-4H3,(H3,15,16,17,18). The van der Waals surface area contributed by atoms with Crippen molar-refractivity contribution in [3.05, 3.63) is 39.2 Å². The molecular weight excluding hydrogens is 242 g/mol. The number of nitrogens with one attached hydrogen (secondary N) is 1. The van der Waals surface area contributed by atoms with Gasteiger partial charge in [0.05, 0.1) is 12.8 Å². The number of aryl methyl sites for hydroxylation is 1. The summed E-state index contributed by atoms with van der Waals surface area (Å²) in [5.41, 5.74) is 9.87. The predicted octanol–water partition coefficient (Wildman–Crippen LogP) is 1.95. The Bertz CT molecular complexity index is 690. The molecule has 5 nitrogen and oxygen atoms in total. The van der Waals surface area contributed by atoms with Gasteiger partial charge in [0.15, 0.2) is 0 Å². The van der Waals surface area contributed by atoms with Crippen LogP contribution in [-0.4, -0.2) is 17.1 Å².